The van der Waals surface area contributed by atoms with E-state index in [-0.39, 0.29) is 45.1 Å². The van der Waals surface area contributed by atoms with Gasteiger partial charge >= 0.3 is 41.8 Å². The standard InChI is InChI=1S/C35H34O18/c1-15(36)44-14-29-32(49-19(5)40)33(50-20(6)41)34(51-21(7)42)35(53-29)52-23-11-27-30(28(12-23)48-18(4)39)31(43)24(13-45-27)22-8-9-25(46-16(2)37)26(10-22)47-17(3)38/h8-13,29,32-35H,14H2,1-7H3/t29-,32+,33-,34-,35+/m0/s1. The van der Waals surface area contributed by atoms with E-state index in [2.05, 4.69) is 0 Å². The van der Waals surface area contributed by atoms with Crippen molar-refractivity contribution in [1.82, 2.24) is 0 Å². The number of fused-ring (bicyclic) bond motifs is 1. The third-order valence-electron chi connectivity index (χ3n) is 7.03. The van der Waals surface area contributed by atoms with Crippen LogP contribution in [0.1, 0.15) is 48.5 Å². The number of carbonyl (C=O) groups is 7. The summed E-state index contributed by atoms with van der Waals surface area (Å²) in [5, 5.41) is -0.232. The second kappa shape index (κ2) is 16.8. The van der Waals surface area contributed by atoms with Crippen molar-refractivity contribution in [2.45, 2.75) is 79.2 Å². The molecule has 3 aromatic rings. The van der Waals surface area contributed by atoms with Crippen LogP contribution in [0.25, 0.3) is 22.1 Å². The van der Waals surface area contributed by atoms with Gasteiger partial charge in [0.2, 0.25) is 17.8 Å². The molecule has 2 aromatic carbocycles. The predicted octanol–water partition coefficient (Wildman–Crippen LogP) is 2.70. The van der Waals surface area contributed by atoms with Crippen molar-refractivity contribution in [3.63, 3.8) is 0 Å². The first-order valence-corrected chi connectivity index (χ1v) is 15.7. The third-order valence-corrected chi connectivity index (χ3v) is 7.03. The molecule has 0 unspecified atom stereocenters. The minimum atomic E-state index is -1.67. The summed E-state index contributed by atoms with van der Waals surface area (Å²) in [5.74, 6) is -6.35. The second-order valence-electron chi connectivity index (χ2n) is 11.4. The molecule has 1 fully saturated rings. The molecule has 0 saturated carbocycles. The van der Waals surface area contributed by atoms with Gasteiger partial charge in [0, 0.05) is 60.6 Å². The Labute approximate surface area is 300 Å². The number of hydrogen-bond donors (Lipinski definition) is 0. The number of benzene rings is 2. The molecular formula is C35H34O18. The van der Waals surface area contributed by atoms with E-state index in [1.165, 1.54) is 24.3 Å². The van der Waals surface area contributed by atoms with E-state index in [4.69, 9.17) is 47.0 Å². The molecule has 282 valence electrons. The Kier molecular flexibility index (Phi) is 12.5. The van der Waals surface area contributed by atoms with Gasteiger partial charge < -0.3 is 47.0 Å². The van der Waals surface area contributed by atoms with Crippen molar-refractivity contribution in [2.24, 2.45) is 0 Å². The highest BCUT2D eigenvalue weighted by Gasteiger charge is 2.53. The van der Waals surface area contributed by atoms with Crippen LogP contribution in [0, 0.1) is 0 Å². The molecule has 0 N–H and O–H groups in total. The van der Waals surface area contributed by atoms with E-state index in [0.717, 1.165) is 60.8 Å². The lowest BCUT2D eigenvalue weighted by molar-refractivity contribution is -0.288. The molecule has 18 nitrogen and oxygen atoms in total. The fraction of sp³-hybridized carbons (Fsp3) is 0.371. The molecule has 2 heterocycles. The smallest absolute Gasteiger partial charge is 0.308 e. The average molecular weight is 743 g/mol. The molecule has 0 amide bonds. The zero-order chi connectivity index (χ0) is 39.1. The van der Waals surface area contributed by atoms with Crippen molar-refractivity contribution in [2.75, 3.05) is 6.61 Å². The lowest BCUT2D eigenvalue weighted by Crippen LogP contribution is -2.63. The normalized spacial score (nSPS) is 19.3. The van der Waals surface area contributed by atoms with Gasteiger partial charge in [0.15, 0.2) is 23.7 Å². The minimum absolute atomic E-state index is 0.0815. The van der Waals surface area contributed by atoms with Gasteiger partial charge in [-0.1, -0.05) is 6.07 Å². The van der Waals surface area contributed by atoms with Gasteiger partial charge in [-0.3, -0.25) is 38.4 Å². The van der Waals surface area contributed by atoms with Gasteiger partial charge in [-0.05, 0) is 17.7 Å². The maximum atomic E-state index is 13.9. The topological polar surface area (TPSA) is 233 Å². The van der Waals surface area contributed by atoms with E-state index < -0.39 is 84.5 Å². The maximum Gasteiger partial charge on any atom is 0.308 e. The largest absolute Gasteiger partial charge is 0.463 e. The number of hydrogen-bond acceptors (Lipinski definition) is 18. The molecule has 1 aromatic heterocycles. The van der Waals surface area contributed by atoms with E-state index >= 15 is 0 Å². The van der Waals surface area contributed by atoms with Gasteiger partial charge in [-0.25, -0.2) is 0 Å². The van der Waals surface area contributed by atoms with E-state index in [1.807, 2.05) is 0 Å². The van der Waals surface area contributed by atoms with Crippen molar-refractivity contribution in [1.29, 1.82) is 0 Å². The molecule has 0 radical (unpaired) electrons. The third kappa shape index (κ3) is 10.2. The zero-order valence-electron chi connectivity index (χ0n) is 29.4. The highest BCUT2D eigenvalue weighted by atomic mass is 16.7. The molecule has 0 aliphatic carbocycles. The molecule has 53 heavy (non-hydrogen) atoms. The molecule has 4 rings (SSSR count). The van der Waals surface area contributed by atoms with Crippen LogP contribution in [0.15, 0.2) is 45.8 Å². The first-order valence-electron chi connectivity index (χ1n) is 15.7. The van der Waals surface area contributed by atoms with Gasteiger partial charge in [-0.15, -0.1) is 0 Å². The van der Waals surface area contributed by atoms with Crippen molar-refractivity contribution in [3.05, 3.63) is 46.8 Å². The Morgan fingerprint density at radius 1 is 0.623 bits per heavy atom. The lowest BCUT2D eigenvalue weighted by atomic mass is 9.98. The average Bonchev–Trinajstić information content (AvgIpc) is 3.02. The van der Waals surface area contributed by atoms with Crippen LogP contribution in [0.2, 0.25) is 0 Å². The first kappa shape index (κ1) is 39.5. The number of rotatable bonds is 11. The molecule has 1 aliphatic heterocycles. The summed E-state index contributed by atoms with van der Waals surface area (Å²) in [6, 6.07) is 6.32. The highest BCUT2D eigenvalue weighted by Crippen LogP contribution is 2.37. The van der Waals surface area contributed by atoms with Crippen LogP contribution in [0.3, 0.4) is 0 Å². The van der Waals surface area contributed by atoms with Gasteiger partial charge in [0.05, 0.1) is 5.56 Å². The molecule has 0 spiro atoms. The monoisotopic (exact) mass is 742 g/mol. The van der Waals surface area contributed by atoms with Crippen LogP contribution < -0.4 is 24.4 Å². The van der Waals surface area contributed by atoms with Crippen LogP contribution in [-0.4, -0.2) is 79.1 Å². The van der Waals surface area contributed by atoms with Crippen LogP contribution in [0.5, 0.6) is 23.0 Å². The lowest BCUT2D eigenvalue weighted by Gasteiger charge is -2.43. The second-order valence-corrected chi connectivity index (χ2v) is 11.4. The Hall–Kier alpha value is -6.30. The van der Waals surface area contributed by atoms with Gasteiger partial charge in [0.25, 0.3) is 0 Å². The SMILES string of the molecule is CC(=O)OC[C@@H]1O[C@@H](Oc2cc(OC(C)=O)c3c(=O)c(-c4ccc(OC(C)=O)c(OC(C)=O)c4)coc3c2)[C@@H](OC(C)=O)[C@@H](OC(C)=O)[C@@H]1OC(C)=O. The number of esters is 7. The summed E-state index contributed by atoms with van der Waals surface area (Å²) in [6.45, 7) is 7.11. The van der Waals surface area contributed by atoms with Crippen LogP contribution in [0.4, 0.5) is 0 Å². The summed E-state index contributed by atoms with van der Waals surface area (Å²) in [4.78, 5) is 97.6. The summed E-state index contributed by atoms with van der Waals surface area (Å²) in [7, 11) is 0. The molecule has 18 heteroatoms. The minimum Gasteiger partial charge on any atom is -0.463 e. The molecule has 1 aliphatic rings. The summed E-state index contributed by atoms with van der Waals surface area (Å²) in [5.41, 5.74) is -0.799. The Morgan fingerprint density at radius 3 is 1.77 bits per heavy atom. The van der Waals surface area contributed by atoms with E-state index in [0.29, 0.717) is 0 Å². The fourth-order valence-corrected chi connectivity index (χ4v) is 5.26. The summed E-state index contributed by atoms with van der Waals surface area (Å²) < 4.78 is 54.7. The maximum absolute atomic E-state index is 13.9. The Bertz CT molecular complexity index is 2010. The fourth-order valence-electron chi connectivity index (χ4n) is 5.26. The number of ether oxygens (including phenoxy) is 9. The quantitative estimate of drug-likeness (QED) is 0.156. The van der Waals surface area contributed by atoms with Crippen molar-refractivity contribution in [3.8, 4) is 34.1 Å². The Morgan fingerprint density at radius 2 is 1.19 bits per heavy atom. The molecular weight excluding hydrogens is 708 g/mol. The summed E-state index contributed by atoms with van der Waals surface area (Å²) in [6.07, 6.45) is -6.52. The molecule has 1 saturated heterocycles. The Balaban J connectivity index is 1.83. The molecule has 5 atom stereocenters. The first-order chi connectivity index (χ1) is 24.9. The van der Waals surface area contributed by atoms with Gasteiger partial charge in [0.1, 0.15) is 41.4 Å². The van der Waals surface area contributed by atoms with Gasteiger partial charge in [-0.2, -0.15) is 0 Å². The van der Waals surface area contributed by atoms with Crippen LogP contribution >= 0.6 is 0 Å². The van der Waals surface area contributed by atoms with Crippen LogP contribution in [-0.2, 0) is 57.2 Å². The zero-order valence-corrected chi connectivity index (χ0v) is 29.4. The number of carbonyl (C=O) groups excluding carboxylic acids is 7. The predicted molar refractivity (Wildman–Crippen MR) is 174 cm³/mol. The summed E-state index contributed by atoms with van der Waals surface area (Å²) >= 11 is 0. The highest BCUT2D eigenvalue weighted by molar-refractivity contribution is 5.90. The van der Waals surface area contributed by atoms with E-state index in [1.54, 1.807) is 0 Å². The van der Waals surface area contributed by atoms with Crippen molar-refractivity contribution >= 4 is 52.8 Å². The van der Waals surface area contributed by atoms with Crippen molar-refractivity contribution < 1.29 is 80.6 Å². The molecule has 0 bridgehead atoms. The van der Waals surface area contributed by atoms with E-state index in [9.17, 15) is 38.4 Å².